The number of nitrogens with zero attached hydrogens (tertiary/aromatic N) is 1. The van der Waals surface area contributed by atoms with Crippen molar-refractivity contribution < 1.29 is 9.21 Å². The van der Waals surface area contributed by atoms with E-state index in [9.17, 15) is 4.79 Å². The van der Waals surface area contributed by atoms with E-state index in [1.165, 1.54) is 18.3 Å². The summed E-state index contributed by atoms with van der Waals surface area (Å²) in [5.74, 6) is 0.664. The van der Waals surface area contributed by atoms with Gasteiger partial charge in [-0.25, -0.2) is 4.98 Å². The monoisotopic (exact) mass is 321 g/mol. The molecule has 0 aliphatic rings. The molecule has 0 saturated heterocycles. The first-order valence-electron chi connectivity index (χ1n) is 5.29. The van der Waals surface area contributed by atoms with Crippen LogP contribution in [0, 0.1) is 0 Å². The lowest BCUT2D eigenvalue weighted by Crippen LogP contribution is -1.89. The number of hydrogen-bond donors (Lipinski definition) is 0. The second-order valence-corrected chi connectivity index (χ2v) is 5.66. The molecule has 3 aromatic rings. The van der Waals surface area contributed by atoms with Gasteiger partial charge in [-0.15, -0.1) is 11.3 Å². The number of hydrogen-bond acceptors (Lipinski definition) is 4. The summed E-state index contributed by atoms with van der Waals surface area (Å²) in [6, 6.07) is 7.75. The third-order valence-electron chi connectivity index (χ3n) is 2.54. The first-order chi connectivity index (χ1) is 8.63. The van der Waals surface area contributed by atoms with Crippen LogP contribution >= 0.6 is 27.3 Å². The maximum atomic E-state index is 11.2. The van der Waals surface area contributed by atoms with E-state index in [-0.39, 0.29) is 5.78 Å². The summed E-state index contributed by atoms with van der Waals surface area (Å²) < 4.78 is 6.72. The van der Waals surface area contributed by atoms with Crippen molar-refractivity contribution in [2.24, 2.45) is 0 Å². The highest BCUT2D eigenvalue weighted by molar-refractivity contribution is 9.10. The SMILES string of the molecule is CC(=O)c1nc(-c2cc3cc(Br)ccc3o2)cs1. The van der Waals surface area contributed by atoms with Crippen LogP contribution in [0.5, 0.6) is 0 Å². The third kappa shape index (κ3) is 2.00. The van der Waals surface area contributed by atoms with Gasteiger partial charge >= 0.3 is 0 Å². The molecule has 90 valence electrons. The van der Waals surface area contributed by atoms with Gasteiger partial charge in [0.2, 0.25) is 0 Å². The Kier molecular flexibility index (Phi) is 2.80. The van der Waals surface area contributed by atoms with E-state index in [0.717, 1.165) is 15.4 Å². The molecule has 1 aromatic carbocycles. The van der Waals surface area contributed by atoms with Crippen LogP contribution in [0.2, 0.25) is 0 Å². The zero-order chi connectivity index (χ0) is 12.7. The molecule has 3 rings (SSSR count). The molecule has 0 spiro atoms. The number of furan rings is 1. The van der Waals surface area contributed by atoms with Gasteiger partial charge in [-0.1, -0.05) is 15.9 Å². The molecule has 0 fully saturated rings. The third-order valence-corrected chi connectivity index (χ3v) is 3.97. The van der Waals surface area contributed by atoms with Crippen LogP contribution in [0.25, 0.3) is 22.4 Å². The van der Waals surface area contributed by atoms with E-state index in [4.69, 9.17) is 4.42 Å². The second kappa shape index (κ2) is 4.33. The van der Waals surface area contributed by atoms with E-state index >= 15 is 0 Å². The topological polar surface area (TPSA) is 43.1 Å². The van der Waals surface area contributed by atoms with Crippen LogP contribution in [0.4, 0.5) is 0 Å². The lowest BCUT2D eigenvalue weighted by Gasteiger charge is -1.88. The normalized spacial score (nSPS) is 11.0. The molecule has 2 heterocycles. The van der Waals surface area contributed by atoms with Crippen molar-refractivity contribution in [3.8, 4) is 11.5 Å². The standard InChI is InChI=1S/C13H8BrNO2S/c1-7(16)13-15-10(6-18-13)12-5-8-4-9(14)2-3-11(8)17-12/h2-6H,1H3. The molecule has 18 heavy (non-hydrogen) atoms. The lowest BCUT2D eigenvalue weighted by atomic mass is 10.2. The molecule has 0 bridgehead atoms. The molecule has 2 aromatic heterocycles. The smallest absolute Gasteiger partial charge is 0.188 e. The quantitative estimate of drug-likeness (QED) is 0.652. The zero-order valence-electron chi connectivity index (χ0n) is 9.44. The van der Waals surface area contributed by atoms with Gasteiger partial charge in [0, 0.05) is 22.2 Å². The van der Waals surface area contributed by atoms with E-state index in [1.54, 1.807) is 0 Å². The Morgan fingerprint density at radius 1 is 1.39 bits per heavy atom. The van der Waals surface area contributed by atoms with Crippen molar-refractivity contribution in [3.05, 3.63) is 39.1 Å². The number of halogens is 1. The average Bonchev–Trinajstić information content (AvgIpc) is 2.93. The number of aromatic nitrogens is 1. The van der Waals surface area contributed by atoms with Gasteiger partial charge in [-0.3, -0.25) is 4.79 Å². The van der Waals surface area contributed by atoms with Crippen molar-refractivity contribution in [2.45, 2.75) is 6.92 Å². The largest absolute Gasteiger partial charge is 0.454 e. The van der Waals surface area contributed by atoms with Crippen molar-refractivity contribution in [1.82, 2.24) is 4.98 Å². The Morgan fingerprint density at radius 2 is 2.22 bits per heavy atom. The summed E-state index contributed by atoms with van der Waals surface area (Å²) in [5, 5.41) is 3.35. The summed E-state index contributed by atoms with van der Waals surface area (Å²) >= 11 is 4.76. The fraction of sp³-hybridized carbons (Fsp3) is 0.0769. The maximum Gasteiger partial charge on any atom is 0.188 e. The fourth-order valence-corrected chi connectivity index (χ4v) is 2.78. The summed E-state index contributed by atoms with van der Waals surface area (Å²) in [4.78, 5) is 15.5. The number of Topliss-reactive ketones (excluding diaryl/α,β-unsaturated/α-hetero) is 1. The van der Waals surface area contributed by atoms with Gasteiger partial charge in [0.15, 0.2) is 16.6 Å². The molecule has 5 heteroatoms. The molecule has 0 saturated carbocycles. The highest BCUT2D eigenvalue weighted by atomic mass is 79.9. The summed E-state index contributed by atoms with van der Waals surface area (Å²) in [5.41, 5.74) is 1.52. The van der Waals surface area contributed by atoms with Gasteiger partial charge in [0.1, 0.15) is 11.3 Å². The first-order valence-corrected chi connectivity index (χ1v) is 6.97. The van der Waals surface area contributed by atoms with Gasteiger partial charge < -0.3 is 4.42 Å². The molecule has 0 aliphatic heterocycles. The summed E-state index contributed by atoms with van der Waals surface area (Å²) in [7, 11) is 0. The van der Waals surface area contributed by atoms with Crippen molar-refractivity contribution in [3.63, 3.8) is 0 Å². The molecule has 3 nitrogen and oxygen atoms in total. The van der Waals surface area contributed by atoms with Gasteiger partial charge in [0.25, 0.3) is 0 Å². The van der Waals surface area contributed by atoms with Crippen LogP contribution < -0.4 is 0 Å². The Labute approximate surface area is 116 Å². The van der Waals surface area contributed by atoms with Crippen LogP contribution in [0.3, 0.4) is 0 Å². The number of carbonyl (C=O) groups is 1. The number of thiazole rings is 1. The Morgan fingerprint density at radius 3 is 2.94 bits per heavy atom. The molecule has 0 unspecified atom stereocenters. The molecule has 0 amide bonds. The highest BCUT2D eigenvalue weighted by Gasteiger charge is 2.12. The number of benzene rings is 1. The number of carbonyl (C=O) groups excluding carboxylic acids is 1. The molecule has 0 atom stereocenters. The Bertz CT molecular complexity index is 744. The first kappa shape index (κ1) is 11.6. The Balaban J connectivity index is 2.10. The fourth-order valence-electron chi connectivity index (χ4n) is 1.69. The maximum absolute atomic E-state index is 11.2. The minimum absolute atomic E-state index is 0.0231. The average molecular weight is 322 g/mol. The lowest BCUT2D eigenvalue weighted by molar-refractivity contribution is 0.101. The summed E-state index contributed by atoms with van der Waals surface area (Å²) in [6.45, 7) is 1.51. The van der Waals surface area contributed by atoms with E-state index in [0.29, 0.717) is 16.5 Å². The summed E-state index contributed by atoms with van der Waals surface area (Å²) in [6.07, 6.45) is 0. The van der Waals surface area contributed by atoms with Crippen LogP contribution in [-0.2, 0) is 0 Å². The van der Waals surface area contributed by atoms with Crippen LogP contribution in [0.1, 0.15) is 16.7 Å². The van der Waals surface area contributed by atoms with Crippen molar-refractivity contribution in [2.75, 3.05) is 0 Å². The predicted molar refractivity (Wildman–Crippen MR) is 75.0 cm³/mol. The van der Waals surface area contributed by atoms with Crippen molar-refractivity contribution in [1.29, 1.82) is 0 Å². The number of ketones is 1. The van der Waals surface area contributed by atoms with E-state index < -0.39 is 0 Å². The minimum atomic E-state index is -0.0231. The predicted octanol–water partition coefficient (Wildman–Crippen LogP) is 4.52. The molecular weight excluding hydrogens is 314 g/mol. The van der Waals surface area contributed by atoms with Gasteiger partial charge in [-0.05, 0) is 24.3 Å². The second-order valence-electron chi connectivity index (χ2n) is 3.89. The van der Waals surface area contributed by atoms with Gasteiger partial charge in [0.05, 0.1) is 0 Å². The molecule has 0 radical (unpaired) electrons. The van der Waals surface area contributed by atoms with Crippen LogP contribution in [-0.4, -0.2) is 10.8 Å². The van der Waals surface area contributed by atoms with Crippen molar-refractivity contribution >= 4 is 44.0 Å². The number of rotatable bonds is 2. The zero-order valence-corrected chi connectivity index (χ0v) is 11.8. The molecule has 0 aliphatic carbocycles. The molecule has 0 N–H and O–H groups in total. The van der Waals surface area contributed by atoms with Crippen LogP contribution in [0.15, 0.2) is 38.5 Å². The van der Waals surface area contributed by atoms with Gasteiger partial charge in [-0.2, -0.15) is 0 Å². The number of fused-ring (bicyclic) bond motifs is 1. The van der Waals surface area contributed by atoms with E-state index in [1.807, 2.05) is 29.6 Å². The highest BCUT2D eigenvalue weighted by Crippen LogP contribution is 2.30. The molecular formula is C13H8BrNO2S. The minimum Gasteiger partial charge on any atom is -0.454 e. The van der Waals surface area contributed by atoms with E-state index in [2.05, 4.69) is 20.9 Å². The Hall–Kier alpha value is -1.46.